The molecule has 8 nitrogen and oxygen atoms in total. The molecule has 0 unspecified atom stereocenters. The zero-order chi connectivity index (χ0) is 22.1. The SMILES string of the molecule is O=C(CSc1nc2sc3c(c2c(=O)n1C1CCCC1)CCCC3)NNC(=O)c1ccco1. The second-order valence-corrected chi connectivity index (χ2v) is 10.2. The minimum atomic E-state index is -0.528. The molecule has 0 spiro atoms. The summed E-state index contributed by atoms with van der Waals surface area (Å²) in [4.78, 5) is 44.8. The normalized spacial score (nSPS) is 16.2. The minimum absolute atomic E-state index is 0.0359. The maximum atomic E-state index is 13.6. The Morgan fingerprint density at radius 3 is 2.78 bits per heavy atom. The van der Waals surface area contributed by atoms with E-state index in [1.165, 1.54) is 34.5 Å². The van der Waals surface area contributed by atoms with Crippen LogP contribution in [0.4, 0.5) is 0 Å². The van der Waals surface area contributed by atoms with Gasteiger partial charge in [-0.15, -0.1) is 11.3 Å². The van der Waals surface area contributed by atoms with Crippen LogP contribution in [0.15, 0.2) is 32.8 Å². The Kier molecular flexibility index (Phi) is 6.05. The molecular weight excluding hydrogens is 448 g/mol. The molecule has 2 aliphatic carbocycles. The number of aromatic nitrogens is 2. The van der Waals surface area contributed by atoms with E-state index in [9.17, 15) is 14.4 Å². The van der Waals surface area contributed by atoms with Gasteiger partial charge >= 0.3 is 5.91 Å². The van der Waals surface area contributed by atoms with Crippen LogP contribution in [0.1, 0.15) is 65.6 Å². The Morgan fingerprint density at radius 2 is 2.00 bits per heavy atom. The molecule has 2 amide bonds. The number of carbonyl (C=O) groups is 2. The first kappa shape index (κ1) is 21.3. The molecule has 1 saturated carbocycles. The van der Waals surface area contributed by atoms with Crippen LogP contribution in [0.2, 0.25) is 0 Å². The van der Waals surface area contributed by atoms with E-state index < -0.39 is 5.91 Å². The number of thiophene rings is 1. The Bertz CT molecular complexity index is 1210. The fourth-order valence-corrected chi connectivity index (χ4v) is 6.72. The van der Waals surface area contributed by atoms with Crippen molar-refractivity contribution in [3.05, 3.63) is 45.0 Å². The molecule has 2 aliphatic rings. The van der Waals surface area contributed by atoms with Crippen molar-refractivity contribution in [2.45, 2.75) is 62.6 Å². The Balaban J connectivity index is 1.37. The number of nitrogens with one attached hydrogen (secondary N) is 2. The van der Waals surface area contributed by atoms with Crippen LogP contribution < -0.4 is 16.4 Å². The van der Waals surface area contributed by atoms with E-state index in [2.05, 4.69) is 10.9 Å². The molecule has 2 N–H and O–H groups in total. The molecule has 0 radical (unpaired) electrons. The van der Waals surface area contributed by atoms with Crippen molar-refractivity contribution >= 4 is 45.1 Å². The van der Waals surface area contributed by atoms with Gasteiger partial charge in [0.15, 0.2) is 10.9 Å². The van der Waals surface area contributed by atoms with Gasteiger partial charge in [0.2, 0.25) is 5.91 Å². The number of hydrogen-bond acceptors (Lipinski definition) is 7. The summed E-state index contributed by atoms with van der Waals surface area (Å²) in [5.41, 5.74) is 5.95. The standard InChI is InChI=1S/C22H24N4O4S2/c27-17(24-25-19(28)15-9-5-11-30-15)12-31-22-23-20-18(14-8-3-4-10-16(14)32-20)21(29)26(22)13-6-1-2-7-13/h5,9,11,13H,1-4,6-8,10,12H2,(H,24,27)(H,25,28). The van der Waals surface area contributed by atoms with Crippen molar-refractivity contribution in [3.63, 3.8) is 0 Å². The van der Waals surface area contributed by atoms with E-state index in [1.807, 2.05) is 4.57 Å². The third-order valence-corrected chi connectivity index (χ3v) is 8.21. The zero-order valence-corrected chi connectivity index (χ0v) is 19.2. The number of aryl methyl sites for hydroxylation is 2. The third-order valence-electron chi connectivity index (χ3n) is 6.07. The molecule has 32 heavy (non-hydrogen) atoms. The lowest BCUT2D eigenvalue weighted by Gasteiger charge is -2.18. The lowest BCUT2D eigenvalue weighted by Crippen LogP contribution is -2.42. The summed E-state index contributed by atoms with van der Waals surface area (Å²) >= 11 is 2.86. The van der Waals surface area contributed by atoms with Crippen LogP contribution in [0.3, 0.4) is 0 Å². The second kappa shape index (κ2) is 9.11. The third kappa shape index (κ3) is 4.09. The maximum absolute atomic E-state index is 13.6. The molecule has 5 rings (SSSR count). The summed E-state index contributed by atoms with van der Waals surface area (Å²) in [7, 11) is 0. The predicted octanol–water partition coefficient (Wildman–Crippen LogP) is 3.60. The lowest BCUT2D eigenvalue weighted by molar-refractivity contribution is -0.119. The van der Waals surface area contributed by atoms with Crippen LogP contribution in [-0.2, 0) is 17.6 Å². The first-order chi connectivity index (χ1) is 15.6. The lowest BCUT2D eigenvalue weighted by atomic mass is 9.97. The number of hydrogen-bond donors (Lipinski definition) is 2. The molecule has 0 atom stereocenters. The van der Waals surface area contributed by atoms with E-state index in [0.29, 0.717) is 5.16 Å². The summed E-state index contributed by atoms with van der Waals surface area (Å²) in [6.45, 7) is 0. The van der Waals surface area contributed by atoms with Crippen LogP contribution >= 0.6 is 23.1 Å². The summed E-state index contributed by atoms with van der Waals surface area (Å²) in [6.07, 6.45) is 9.72. The summed E-state index contributed by atoms with van der Waals surface area (Å²) in [6, 6.07) is 3.23. The van der Waals surface area contributed by atoms with Crippen LogP contribution in [0.25, 0.3) is 10.2 Å². The number of thioether (sulfide) groups is 1. The summed E-state index contributed by atoms with van der Waals surface area (Å²) in [5.74, 6) is -0.761. The van der Waals surface area contributed by atoms with Gasteiger partial charge in [-0.25, -0.2) is 4.98 Å². The van der Waals surface area contributed by atoms with E-state index in [0.717, 1.165) is 61.6 Å². The Labute approximate surface area is 192 Å². The van der Waals surface area contributed by atoms with Gasteiger partial charge in [0.25, 0.3) is 5.56 Å². The van der Waals surface area contributed by atoms with Gasteiger partial charge in [-0.05, 0) is 56.2 Å². The molecule has 3 heterocycles. The molecule has 0 bridgehead atoms. The summed E-state index contributed by atoms with van der Waals surface area (Å²) < 4.78 is 6.83. The number of furan rings is 1. The molecule has 168 valence electrons. The number of amides is 2. The van der Waals surface area contributed by atoms with E-state index in [4.69, 9.17) is 9.40 Å². The van der Waals surface area contributed by atoms with Crippen molar-refractivity contribution in [3.8, 4) is 0 Å². The minimum Gasteiger partial charge on any atom is -0.459 e. The van der Waals surface area contributed by atoms with Crippen LogP contribution in [-0.4, -0.2) is 27.1 Å². The van der Waals surface area contributed by atoms with E-state index >= 15 is 0 Å². The van der Waals surface area contributed by atoms with Crippen molar-refractivity contribution in [2.75, 3.05) is 5.75 Å². The monoisotopic (exact) mass is 472 g/mol. The van der Waals surface area contributed by atoms with Gasteiger partial charge in [-0.2, -0.15) is 0 Å². The van der Waals surface area contributed by atoms with Crippen molar-refractivity contribution in [1.82, 2.24) is 20.4 Å². The fourth-order valence-electron chi connectivity index (χ4n) is 4.55. The zero-order valence-electron chi connectivity index (χ0n) is 17.5. The van der Waals surface area contributed by atoms with Crippen molar-refractivity contribution in [1.29, 1.82) is 0 Å². The molecule has 0 aromatic carbocycles. The molecule has 10 heteroatoms. The average Bonchev–Trinajstić information content (AvgIpc) is 3.56. The molecule has 0 aliphatic heterocycles. The van der Waals surface area contributed by atoms with Crippen LogP contribution in [0.5, 0.6) is 0 Å². The van der Waals surface area contributed by atoms with Gasteiger partial charge in [-0.1, -0.05) is 24.6 Å². The highest BCUT2D eigenvalue weighted by molar-refractivity contribution is 7.99. The maximum Gasteiger partial charge on any atom is 0.305 e. The second-order valence-electron chi connectivity index (χ2n) is 8.17. The quantitative estimate of drug-likeness (QED) is 0.334. The molecule has 1 fully saturated rings. The first-order valence-electron chi connectivity index (χ1n) is 10.9. The van der Waals surface area contributed by atoms with E-state index in [-0.39, 0.29) is 29.0 Å². The van der Waals surface area contributed by atoms with Gasteiger partial charge < -0.3 is 4.42 Å². The smallest absolute Gasteiger partial charge is 0.305 e. The van der Waals surface area contributed by atoms with E-state index in [1.54, 1.807) is 17.4 Å². The predicted molar refractivity (Wildman–Crippen MR) is 123 cm³/mol. The highest BCUT2D eigenvalue weighted by Crippen LogP contribution is 2.37. The average molecular weight is 473 g/mol. The highest BCUT2D eigenvalue weighted by atomic mass is 32.2. The van der Waals surface area contributed by atoms with Gasteiger partial charge in [0.1, 0.15) is 4.83 Å². The number of carbonyl (C=O) groups excluding carboxylic acids is 2. The van der Waals surface area contributed by atoms with Crippen LogP contribution in [0, 0.1) is 0 Å². The van der Waals surface area contributed by atoms with Crippen molar-refractivity contribution < 1.29 is 14.0 Å². The van der Waals surface area contributed by atoms with Crippen molar-refractivity contribution in [2.24, 2.45) is 0 Å². The first-order valence-corrected chi connectivity index (χ1v) is 12.7. The molecule has 3 aromatic rings. The summed E-state index contributed by atoms with van der Waals surface area (Å²) in [5, 5.41) is 1.37. The largest absolute Gasteiger partial charge is 0.459 e. The Morgan fingerprint density at radius 1 is 1.19 bits per heavy atom. The topological polar surface area (TPSA) is 106 Å². The number of nitrogens with zero attached hydrogens (tertiary/aromatic N) is 2. The number of hydrazine groups is 1. The number of fused-ring (bicyclic) bond motifs is 3. The molecule has 0 saturated heterocycles. The molecule has 3 aromatic heterocycles. The van der Waals surface area contributed by atoms with Gasteiger partial charge in [0.05, 0.1) is 17.4 Å². The molecular formula is C22H24N4O4S2. The fraction of sp³-hybridized carbons (Fsp3) is 0.455. The van der Waals surface area contributed by atoms with Gasteiger partial charge in [-0.3, -0.25) is 29.8 Å². The number of rotatable bonds is 5. The van der Waals surface area contributed by atoms with Gasteiger partial charge in [0, 0.05) is 10.9 Å². The highest BCUT2D eigenvalue weighted by Gasteiger charge is 2.27. The Hall–Kier alpha value is -2.59.